The first-order valence-corrected chi connectivity index (χ1v) is 6.47. The van der Waals surface area contributed by atoms with Crippen LogP contribution in [-0.4, -0.2) is 16.8 Å². The highest BCUT2D eigenvalue weighted by atomic mass is 16.3. The van der Waals surface area contributed by atoms with Crippen LogP contribution < -0.4 is 0 Å². The monoisotopic (exact) mass is 236 g/mol. The van der Waals surface area contributed by atoms with Crippen LogP contribution in [0.3, 0.4) is 0 Å². The number of hydrogen-bond acceptors (Lipinski definition) is 2. The van der Waals surface area contributed by atoms with Crippen LogP contribution in [0.4, 0.5) is 0 Å². The van der Waals surface area contributed by atoms with Crippen molar-refractivity contribution in [1.29, 1.82) is 0 Å². The first-order chi connectivity index (χ1) is 8.13. The fourth-order valence-corrected chi connectivity index (χ4v) is 2.31. The van der Waals surface area contributed by atoms with Gasteiger partial charge < -0.3 is 10.2 Å². The van der Waals surface area contributed by atoms with Crippen molar-refractivity contribution in [2.75, 3.05) is 6.61 Å². The summed E-state index contributed by atoms with van der Waals surface area (Å²) >= 11 is 0. The van der Waals surface area contributed by atoms with Crippen LogP contribution in [0.5, 0.6) is 0 Å². The molecule has 2 nitrogen and oxygen atoms in total. The number of aliphatic hydroxyl groups excluding tert-OH is 2. The van der Waals surface area contributed by atoms with E-state index in [0.717, 1.165) is 24.8 Å². The zero-order chi connectivity index (χ0) is 12.7. The van der Waals surface area contributed by atoms with E-state index in [4.69, 9.17) is 5.11 Å². The van der Waals surface area contributed by atoms with E-state index in [1.165, 1.54) is 0 Å². The summed E-state index contributed by atoms with van der Waals surface area (Å²) < 4.78 is 0. The van der Waals surface area contributed by atoms with Crippen molar-refractivity contribution in [3.8, 4) is 0 Å². The molecular weight excluding hydrogens is 212 g/mol. The summed E-state index contributed by atoms with van der Waals surface area (Å²) in [5.74, 6) is 1.00. The molecular formula is C15H24O2. The van der Waals surface area contributed by atoms with Gasteiger partial charge in [0.05, 0.1) is 6.10 Å². The van der Waals surface area contributed by atoms with Gasteiger partial charge in [-0.2, -0.15) is 0 Å². The Bertz CT molecular complexity index is 295. The maximum absolute atomic E-state index is 10.1. The van der Waals surface area contributed by atoms with E-state index >= 15 is 0 Å². The van der Waals surface area contributed by atoms with Crippen molar-refractivity contribution in [2.45, 2.75) is 39.2 Å². The summed E-state index contributed by atoms with van der Waals surface area (Å²) in [7, 11) is 0. The second kappa shape index (κ2) is 7.46. The van der Waals surface area contributed by atoms with Crippen LogP contribution in [0, 0.1) is 11.8 Å². The normalized spacial score (nSPS) is 14.9. The molecule has 0 aliphatic rings. The Balaban J connectivity index is 2.54. The van der Waals surface area contributed by atoms with Gasteiger partial charge in [-0.3, -0.25) is 0 Å². The maximum Gasteiger partial charge on any atom is 0.0792 e. The highest BCUT2D eigenvalue weighted by Crippen LogP contribution is 2.27. The van der Waals surface area contributed by atoms with E-state index < -0.39 is 6.10 Å². The first-order valence-electron chi connectivity index (χ1n) is 6.47. The van der Waals surface area contributed by atoms with E-state index in [0.29, 0.717) is 11.8 Å². The summed E-state index contributed by atoms with van der Waals surface area (Å²) in [6, 6.07) is 9.76. The van der Waals surface area contributed by atoms with Crippen LogP contribution in [0.25, 0.3) is 0 Å². The predicted molar refractivity (Wildman–Crippen MR) is 70.7 cm³/mol. The summed E-state index contributed by atoms with van der Waals surface area (Å²) in [6.07, 6.45) is 2.17. The zero-order valence-electron chi connectivity index (χ0n) is 10.8. The van der Waals surface area contributed by atoms with Crippen LogP contribution in [0.1, 0.15) is 44.8 Å². The van der Waals surface area contributed by atoms with Crippen LogP contribution in [-0.2, 0) is 0 Å². The predicted octanol–water partition coefficient (Wildman–Crippen LogP) is 3.15. The zero-order valence-corrected chi connectivity index (χ0v) is 10.8. The molecule has 0 aliphatic heterocycles. The molecule has 0 aliphatic carbocycles. The molecule has 2 unspecified atom stereocenters. The highest BCUT2D eigenvalue weighted by molar-refractivity contribution is 5.17. The molecule has 2 N–H and O–H groups in total. The summed E-state index contributed by atoms with van der Waals surface area (Å²) in [5, 5.41) is 19.2. The van der Waals surface area contributed by atoms with Crippen molar-refractivity contribution in [2.24, 2.45) is 11.8 Å². The van der Waals surface area contributed by atoms with E-state index in [1.54, 1.807) is 0 Å². The second-order valence-electron chi connectivity index (χ2n) is 5.17. The van der Waals surface area contributed by atoms with Gasteiger partial charge in [0, 0.05) is 6.61 Å². The van der Waals surface area contributed by atoms with Crippen LogP contribution in [0.15, 0.2) is 30.3 Å². The lowest BCUT2D eigenvalue weighted by atomic mass is 9.88. The molecule has 2 heteroatoms. The third-order valence-electron chi connectivity index (χ3n) is 3.08. The lowest BCUT2D eigenvalue weighted by molar-refractivity contribution is 0.125. The first kappa shape index (κ1) is 14.2. The Morgan fingerprint density at radius 1 is 1.06 bits per heavy atom. The molecule has 0 saturated carbocycles. The quantitative estimate of drug-likeness (QED) is 0.763. The molecule has 0 bridgehead atoms. The van der Waals surface area contributed by atoms with Gasteiger partial charge in [-0.25, -0.2) is 0 Å². The van der Waals surface area contributed by atoms with E-state index in [-0.39, 0.29) is 6.61 Å². The average Bonchev–Trinajstić information content (AvgIpc) is 2.29. The number of hydrogen-bond donors (Lipinski definition) is 2. The van der Waals surface area contributed by atoms with Crippen molar-refractivity contribution in [3.63, 3.8) is 0 Å². The smallest absolute Gasteiger partial charge is 0.0792 e. The Kier molecular flexibility index (Phi) is 6.23. The number of rotatable bonds is 7. The third kappa shape index (κ3) is 5.33. The number of benzene rings is 1. The largest absolute Gasteiger partial charge is 0.396 e. The van der Waals surface area contributed by atoms with Gasteiger partial charge >= 0.3 is 0 Å². The molecule has 0 aromatic heterocycles. The topological polar surface area (TPSA) is 40.5 Å². The van der Waals surface area contributed by atoms with Gasteiger partial charge in [-0.05, 0) is 36.7 Å². The molecule has 0 heterocycles. The van der Waals surface area contributed by atoms with Crippen molar-refractivity contribution < 1.29 is 10.2 Å². The van der Waals surface area contributed by atoms with Gasteiger partial charge in [0.2, 0.25) is 0 Å². The SMILES string of the molecule is CC(C)CC(CCO)CC(O)c1ccccc1. The molecule has 1 rings (SSSR count). The molecule has 1 aromatic rings. The van der Waals surface area contributed by atoms with Crippen molar-refractivity contribution in [3.05, 3.63) is 35.9 Å². The molecule has 0 spiro atoms. The molecule has 96 valence electrons. The Labute approximate surface area is 104 Å². The van der Waals surface area contributed by atoms with Crippen molar-refractivity contribution >= 4 is 0 Å². The van der Waals surface area contributed by atoms with Crippen molar-refractivity contribution in [1.82, 2.24) is 0 Å². The Hall–Kier alpha value is -0.860. The minimum atomic E-state index is -0.411. The van der Waals surface area contributed by atoms with Gasteiger partial charge in [0.15, 0.2) is 0 Å². The lowest BCUT2D eigenvalue weighted by Crippen LogP contribution is -2.11. The summed E-state index contributed by atoms with van der Waals surface area (Å²) in [6.45, 7) is 4.57. The van der Waals surface area contributed by atoms with Gasteiger partial charge in [-0.1, -0.05) is 44.2 Å². The molecule has 0 radical (unpaired) electrons. The number of aliphatic hydroxyl groups is 2. The summed E-state index contributed by atoms with van der Waals surface area (Å²) in [4.78, 5) is 0. The molecule has 2 atom stereocenters. The Morgan fingerprint density at radius 3 is 2.24 bits per heavy atom. The second-order valence-corrected chi connectivity index (χ2v) is 5.17. The van der Waals surface area contributed by atoms with Crippen LogP contribution >= 0.6 is 0 Å². The van der Waals surface area contributed by atoms with Gasteiger partial charge in [0.25, 0.3) is 0 Å². The fraction of sp³-hybridized carbons (Fsp3) is 0.600. The summed E-state index contributed by atoms with van der Waals surface area (Å²) in [5.41, 5.74) is 0.971. The van der Waals surface area contributed by atoms with Crippen LogP contribution in [0.2, 0.25) is 0 Å². The molecule has 1 aromatic carbocycles. The molecule has 0 amide bonds. The maximum atomic E-state index is 10.1. The lowest BCUT2D eigenvalue weighted by Gasteiger charge is -2.21. The van der Waals surface area contributed by atoms with Gasteiger partial charge in [0.1, 0.15) is 0 Å². The molecule has 0 fully saturated rings. The van der Waals surface area contributed by atoms with Gasteiger partial charge in [-0.15, -0.1) is 0 Å². The average molecular weight is 236 g/mol. The van der Waals surface area contributed by atoms with E-state index in [2.05, 4.69) is 13.8 Å². The third-order valence-corrected chi connectivity index (χ3v) is 3.08. The fourth-order valence-electron chi connectivity index (χ4n) is 2.31. The minimum Gasteiger partial charge on any atom is -0.396 e. The minimum absolute atomic E-state index is 0.207. The highest BCUT2D eigenvalue weighted by Gasteiger charge is 2.16. The van der Waals surface area contributed by atoms with E-state index in [1.807, 2.05) is 30.3 Å². The molecule has 0 saturated heterocycles. The van der Waals surface area contributed by atoms with E-state index in [9.17, 15) is 5.11 Å². The standard InChI is InChI=1S/C15H24O2/c1-12(2)10-13(8-9-16)11-15(17)14-6-4-3-5-7-14/h3-7,12-13,15-17H,8-11H2,1-2H3. The Morgan fingerprint density at radius 2 is 1.71 bits per heavy atom. The molecule has 17 heavy (non-hydrogen) atoms.